The third kappa shape index (κ3) is 13.5. The Morgan fingerprint density at radius 1 is 1.00 bits per heavy atom. The highest BCUT2D eigenvalue weighted by molar-refractivity contribution is 6.83. The second-order valence-corrected chi connectivity index (χ2v) is 16.1. The lowest BCUT2D eigenvalue weighted by Gasteiger charge is -2.04. The summed E-state index contributed by atoms with van der Waals surface area (Å²) in [4.78, 5) is 0. The standard InChI is InChI=1S/C14H26Si2/c1-15(2,3)13-11-9-7-8-10-12-14-16(4,5)6/h9,13H,7-8,10H2,1-6H3. The minimum atomic E-state index is -1.15. The Hall–Kier alpha value is -0.486. The summed E-state index contributed by atoms with van der Waals surface area (Å²) < 4.78 is 0. The molecule has 0 aromatic rings. The summed E-state index contributed by atoms with van der Waals surface area (Å²) in [5.41, 5.74) is 8.96. The largest absolute Gasteiger partial charge is 0.134 e. The predicted octanol–water partition coefficient (Wildman–Crippen LogP) is 4.63. The van der Waals surface area contributed by atoms with Crippen molar-refractivity contribution in [2.24, 2.45) is 0 Å². The van der Waals surface area contributed by atoms with Crippen LogP contribution >= 0.6 is 0 Å². The zero-order valence-electron chi connectivity index (χ0n) is 11.8. The fraction of sp³-hybridized carbons (Fsp3) is 0.643. The Morgan fingerprint density at radius 2 is 1.62 bits per heavy atom. The first-order valence-electron chi connectivity index (χ1n) is 6.13. The van der Waals surface area contributed by atoms with Crippen molar-refractivity contribution in [1.29, 1.82) is 0 Å². The molecule has 0 amide bonds. The summed E-state index contributed by atoms with van der Waals surface area (Å²) in [6.45, 7) is 13.8. The van der Waals surface area contributed by atoms with Crippen LogP contribution in [0.1, 0.15) is 19.3 Å². The summed E-state index contributed by atoms with van der Waals surface area (Å²) in [6, 6.07) is 0. The molecule has 0 aromatic carbocycles. The van der Waals surface area contributed by atoms with Crippen LogP contribution in [0.3, 0.4) is 0 Å². The van der Waals surface area contributed by atoms with E-state index < -0.39 is 16.1 Å². The molecule has 0 unspecified atom stereocenters. The van der Waals surface area contributed by atoms with Gasteiger partial charge in [0, 0.05) is 6.42 Å². The van der Waals surface area contributed by atoms with Crippen molar-refractivity contribution in [3.63, 3.8) is 0 Å². The van der Waals surface area contributed by atoms with E-state index in [1.165, 1.54) is 6.42 Å². The monoisotopic (exact) mass is 250 g/mol. The van der Waals surface area contributed by atoms with E-state index in [4.69, 9.17) is 0 Å². The van der Waals surface area contributed by atoms with Gasteiger partial charge in [-0.3, -0.25) is 0 Å². The average molecular weight is 251 g/mol. The van der Waals surface area contributed by atoms with Gasteiger partial charge in [-0.05, 0) is 18.9 Å². The molecule has 0 heterocycles. The van der Waals surface area contributed by atoms with Gasteiger partial charge in [0.25, 0.3) is 0 Å². The van der Waals surface area contributed by atoms with Crippen LogP contribution in [0.4, 0.5) is 0 Å². The Kier molecular flexibility index (Phi) is 6.75. The van der Waals surface area contributed by atoms with E-state index in [2.05, 4.69) is 68.3 Å². The predicted molar refractivity (Wildman–Crippen MR) is 81.0 cm³/mol. The van der Waals surface area contributed by atoms with E-state index in [1.54, 1.807) is 0 Å². The smallest absolute Gasteiger partial charge is 0.129 e. The van der Waals surface area contributed by atoms with Crippen LogP contribution < -0.4 is 0 Å². The third-order valence-corrected chi connectivity index (χ3v) is 3.71. The number of rotatable bonds is 4. The van der Waals surface area contributed by atoms with Crippen LogP contribution in [0.5, 0.6) is 0 Å². The summed E-state index contributed by atoms with van der Waals surface area (Å²) in [5, 5.41) is 0. The maximum atomic E-state index is 3.39. The van der Waals surface area contributed by atoms with E-state index in [1.807, 2.05) is 0 Å². The first-order valence-corrected chi connectivity index (χ1v) is 13.2. The molecular formula is C14H26Si2. The van der Waals surface area contributed by atoms with Crippen molar-refractivity contribution in [3.8, 4) is 11.5 Å². The van der Waals surface area contributed by atoms with Crippen molar-refractivity contribution in [1.82, 2.24) is 0 Å². The fourth-order valence-corrected chi connectivity index (χ4v) is 2.29. The van der Waals surface area contributed by atoms with Gasteiger partial charge in [-0.15, -0.1) is 17.2 Å². The van der Waals surface area contributed by atoms with Crippen LogP contribution in [0.15, 0.2) is 17.5 Å². The highest BCUT2D eigenvalue weighted by Gasteiger charge is 2.06. The normalized spacial score (nSPS) is 11.1. The molecule has 0 aliphatic rings. The molecule has 0 aliphatic carbocycles. The van der Waals surface area contributed by atoms with Crippen molar-refractivity contribution in [2.45, 2.75) is 58.5 Å². The maximum absolute atomic E-state index is 3.39. The third-order valence-electron chi connectivity index (χ3n) is 1.75. The molecule has 0 nitrogen and oxygen atoms in total. The second-order valence-electron chi connectivity index (χ2n) is 6.33. The molecule has 0 radical (unpaired) electrons. The molecule has 16 heavy (non-hydrogen) atoms. The molecule has 0 aliphatic heterocycles. The topological polar surface area (TPSA) is 0 Å². The van der Waals surface area contributed by atoms with E-state index >= 15 is 0 Å². The molecule has 0 bridgehead atoms. The number of unbranched alkanes of at least 4 members (excludes halogenated alkanes) is 2. The Morgan fingerprint density at radius 3 is 2.12 bits per heavy atom. The van der Waals surface area contributed by atoms with Crippen molar-refractivity contribution in [2.75, 3.05) is 0 Å². The molecule has 0 saturated carbocycles. The van der Waals surface area contributed by atoms with Gasteiger partial charge in [-0.1, -0.05) is 45.0 Å². The minimum Gasteiger partial charge on any atom is -0.134 e. The quantitative estimate of drug-likeness (QED) is 0.295. The Labute approximate surface area is 104 Å². The lowest BCUT2D eigenvalue weighted by Crippen LogP contribution is -2.16. The first-order chi connectivity index (χ1) is 7.21. The molecule has 90 valence electrons. The highest BCUT2D eigenvalue weighted by Crippen LogP contribution is 2.02. The zero-order chi connectivity index (χ0) is 12.7. The zero-order valence-corrected chi connectivity index (χ0v) is 13.8. The number of hydrogen-bond acceptors (Lipinski definition) is 0. The molecule has 0 fully saturated rings. The minimum absolute atomic E-state index is 1.04. The van der Waals surface area contributed by atoms with E-state index in [0.717, 1.165) is 12.8 Å². The van der Waals surface area contributed by atoms with E-state index in [0.29, 0.717) is 0 Å². The van der Waals surface area contributed by atoms with Gasteiger partial charge in [0.1, 0.15) is 8.07 Å². The van der Waals surface area contributed by atoms with Gasteiger partial charge in [-0.25, -0.2) is 0 Å². The van der Waals surface area contributed by atoms with Gasteiger partial charge < -0.3 is 0 Å². The fourth-order valence-electron chi connectivity index (χ4n) is 1.01. The van der Waals surface area contributed by atoms with E-state index in [-0.39, 0.29) is 0 Å². The SMILES string of the molecule is C[Si](C)(C)C#CCCCC=C=C[Si](C)(C)C. The molecule has 0 aromatic heterocycles. The van der Waals surface area contributed by atoms with Gasteiger partial charge in [-0.2, -0.15) is 0 Å². The van der Waals surface area contributed by atoms with Crippen LogP contribution in [0.25, 0.3) is 0 Å². The van der Waals surface area contributed by atoms with Crippen LogP contribution in [0.2, 0.25) is 39.3 Å². The molecular weight excluding hydrogens is 224 g/mol. The van der Waals surface area contributed by atoms with Crippen LogP contribution in [-0.2, 0) is 0 Å². The van der Waals surface area contributed by atoms with Crippen LogP contribution in [-0.4, -0.2) is 16.1 Å². The van der Waals surface area contributed by atoms with Gasteiger partial charge in [0.05, 0.1) is 8.07 Å². The molecule has 0 atom stereocenters. The van der Waals surface area contributed by atoms with Crippen molar-refractivity contribution in [3.05, 3.63) is 17.5 Å². The molecule has 0 rings (SSSR count). The Balaban J connectivity index is 3.77. The van der Waals surface area contributed by atoms with Crippen LogP contribution in [0, 0.1) is 11.5 Å². The van der Waals surface area contributed by atoms with Gasteiger partial charge >= 0.3 is 0 Å². The molecule has 0 saturated heterocycles. The average Bonchev–Trinajstić information content (AvgIpc) is 2.06. The first kappa shape index (κ1) is 15.5. The highest BCUT2D eigenvalue weighted by atomic mass is 28.3. The lowest BCUT2D eigenvalue weighted by molar-refractivity contribution is 0.886. The number of hydrogen-bond donors (Lipinski definition) is 0. The Bertz CT molecular complexity index is 309. The van der Waals surface area contributed by atoms with Gasteiger partial charge in [0.15, 0.2) is 0 Å². The summed E-state index contributed by atoms with van der Waals surface area (Å²) >= 11 is 0. The molecule has 0 spiro atoms. The second kappa shape index (κ2) is 6.96. The molecule has 0 N–H and O–H groups in total. The van der Waals surface area contributed by atoms with Crippen molar-refractivity contribution < 1.29 is 0 Å². The summed E-state index contributed by atoms with van der Waals surface area (Å²) in [6.07, 6.45) is 5.48. The van der Waals surface area contributed by atoms with E-state index in [9.17, 15) is 0 Å². The molecule has 2 heteroatoms. The summed E-state index contributed by atoms with van der Waals surface area (Å²) in [5.74, 6) is 3.29. The maximum Gasteiger partial charge on any atom is 0.129 e. The van der Waals surface area contributed by atoms with Crippen molar-refractivity contribution >= 4 is 16.1 Å². The number of allylic oxidation sites excluding steroid dienone is 1. The lowest BCUT2D eigenvalue weighted by atomic mass is 10.2. The summed E-state index contributed by atoms with van der Waals surface area (Å²) in [7, 11) is -2.19. The van der Waals surface area contributed by atoms with Gasteiger partial charge in [0.2, 0.25) is 0 Å².